The molecule has 0 unspecified atom stereocenters. The Labute approximate surface area is 37.5 Å². The molecule has 2 heteroatoms. The molecule has 0 saturated heterocycles. The van der Waals surface area contributed by atoms with Crippen molar-refractivity contribution < 1.29 is 0 Å². The molecule has 0 aromatic heterocycles. The van der Waals surface area contributed by atoms with E-state index in [2.05, 4.69) is 0 Å². The van der Waals surface area contributed by atoms with Crippen LogP contribution in [-0.2, 0) is 0 Å². The highest BCUT2D eigenvalue weighted by Crippen LogP contribution is 1.83. The fourth-order valence-electron chi connectivity index (χ4n) is 0. The van der Waals surface area contributed by atoms with E-state index in [1.807, 2.05) is 14.1 Å². The fourth-order valence-corrected chi connectivity index (χ4v) is 0. The summed E-state index contributed by atoms with van der Waals surface area (Å²) in [6.07, 6.45) is 0. The number of hydrogen-bond acceptors (Lipinski definition) is 1. The van der Waals surface area contributed by atoms with Gasteiger partial charge in [-0.25, -0.2) is 0 Å². The van der Waals surface area contributed by atoms with Gasteiger partial charge >= 0.3 is 0 Å². The second-order valence-electron chi connectivity index (χ2n) is 1.06. The molecule has 0 atom stereocenters. The Hall–Kier alpha value is 0.250. The summed E-state index contributed by atoms with van der Waals surface area (Å²) >= 11 is 5.14. The molecular formula is C3H7ClN-. The van der Waals surface area contributed by atoms with E-state index < -0.39 is 0 Å². The van der Waals surface area contributed by atoms with Gasteiger partial charge in [0.25, 0.3) is 0 Å². The van der Waals surface area contributed by atoms with Crippen LogP contribution in [-0.4, -0.2) is 19.0 Å². The van der Waals surface area contributed by atoms with Gasteiger partial charge in [0.05, 0.1) is 0 Å². The summed E-state index contributed by atoms with van der Waals surface area (Å²) < 4.78 is 0. The summed E-state index contributed by atoms with van der Waals surface area (Å²) in [5, 5.41) is 0. The van der Waals surface area contributed by atoms with Gasteiger partial charge in [0.1, 0.15) is 0 Å². The molecule has 0 bridgehead atoms. The summed E-state index contributed by atoms with van der Waals surface area (Å²) in [5.74, 6) is 0. The van der Waals surface area contributed by atoms with Crippen molar-refractivity contribution in [1.29, 1.82) is 0 Å². The lowest BCUT2D eigenvalue weighted by atomic mass is 11.0. The van der Waals surface area contributed by atoms with E-state index in [1.165, 1.54) is 6.00 Å². The van der Waals surface area contributed by atoms with Gasteiger partial charge in [0, 0.05) is 0 Å². The Morgan fingerprint density at radius 1 is 1.60 bits per heavy atom. The highest BCUT2D eigenvalue weighted by Gasteiger charge is 1.59. The van der Waals surface area contributed by atoms with E-state index in [4.69, 9.17) is 11.6 Å². The van der Waals surface area contributed by atoms with Crippen LogP contribution in [0.1, 0.15) is 0 Å². The van der Waals surface area contributed by atoms with E-state index in [9.17, 15) is 0 Å². The van der Waals surface area contributed by atoms with E-state index in [1.54, 1.807) is 4.90 Å². The molecule has 0 radical (unpaired) electrons. The Morgan fingerprint density at radius 2 is 1.80 bits per heavy atom. The normalized spacial score (nSPS) is 9.60. The van der Waals surface area contributed by atoms with Gasteiger partial charge in [0.2, 0.25) is 0 Å². The first-order chi connectivity index (χ1) is 2.27. The van der Waals surface area contributed by atoms with Crippen LogP contribution >= 0.6 is 11.6 Å². The molecule has 0 heterocycles. The van der Waals surface area contributed by atoms with Gasteiger partial charge in [-0.15, -0.1) is 0 Å². The number of rotatable bonds is 1. The van der Waals surface area contributed by atoms with Crippen LogP contribution in [0.25, 0.3) is 0 Å². The van der Waals surface area contributed by atoms with Crippen LogP contribution in [0.5, 0.6) is 0 Å². The molecule has 0 aliphatic carbocycles. The molecule has 0 saturated carbocycles. The van der Waals surface area contributed by atoms with Crippen molar-refractivity contribution in [2.24, 2.45) is 0 Å². The maximum Gasteiger partial charge on any atom is -0.0416 e. The summed E-state index contributed by atoms with van der Waals surface area (Å²) in [4.78, 5) is 1.77. The standard InChI is InChI=1S/C3H7ClN/c1-5(2)3-4/h3H,1-2H3/q-1. The zero-order valence-electron chi connectivity index (χ0n) is 3.40. The number of hydrogen-bond donors (Lipinski definition) is 0. The van der Waals surface area contributed by atoms with Crippen molar-refractivity contribution in [3.8, 4) is 0 Å². The highest BCUT2D eigenvalue weighted by molar-refractivity contribution is 6.22. The van der Waals surface area contributed by atoms with Crippen molar-refractivity contribution in [3.05, 3.63) is 6.00 Å². The molecule has 0 fully saturated rings. The van der Waals surface area contributed by atoms with Gasteiger partial charge in [0.15, 0.2) is 0 Å². The Balaban J connectivity index is 2.54. The average molecular weight is 92.5 g/mol. The first-order valence-electron chi connectivity index (χ1n) is 1.37. The van der Waals surface area contributed by atoms with Gasteiger partial charge in [-0.2, -0.15) is 6.00 Å². The summed E-state index contributed by atoms with van der Waals surface area (Å²) in [7, 11) is 3.74. The monoisotopic (exact) mass is 92.0 g/mol. The van der Waals surface area contributed by atoms with Crippen LogP contribution < -0.4 is 0 Å². The SMILES string of the molecule is CN(C)[CH-]Cl. The van der Waals surface area contributed by atoms with E-state index in [0.29, 0.717) is 0 Å². The van der Waals surface area contributed by atoms with E-state index in [-0.39, 0.29) is 0 Å². The van der Waals surface area contributed by atoms with Gasteiger partial charge in [-0.1, -0.05) is 0 Å². The minimum atomic E-state index is 1.47. The molecular weight excluding hydrogens is 85.5 g/mol. The summed E-state index contributed by atoms with van der Waals surface area (Å²) in [6.45, 7) is 0. The smallest absolute Gasteiger partial charge is 0.0416 e. The molecule has 0 aliphatic heterocycles. The minimum Gasteiger partial charge on any atom is -0.447 e. The summed E-state index contributed by atoms with van der Waals surface area (Å²) in [5.41, 5.74) is 0. The third-order valence-electron chi connectivity index (χ3n) is 0.195. The molecule has 0 N–H and O–H groups in total. The second-order valence-corrected chi connectivity index (χ2v) is 1.26. The summed E-state index contributed by atoms with van der Waals surface area (Å²) in [6, 6.07) is 1.47. The lowest BCUT2D eigenvalue weighted by Gasteiger charge is -2.13. The zero-order chi connectivity index (χ0) is 4.28. The molecule has 1 nitrogen and oxygen atoms in total. The molecule has 0 aromatic rings. The Morgan fingerprint density at radius 3 is 1.80 bits per heavy atom. The molecule has 0 rings (SSSR count). The van der Waals surface area contributed by atoms with Crippen molar-refractivity contribution in [3.63, 3.8) is 0 Å². The van der Waals surface area contributed by atoms with E-state index >= 15 is 0 Å². The topological polar surface area (TPSA) is 3.24 Å². The maximum atomic E-state index is 5.14. The van der Waals surface area contributed by atoms with Crippen LogP contribution in [0.4, 0.5) is 0 Å². The molecule has 0 aliphatic rings. The molecule has 5 heavy (non-hydrogen) atoms. The minimum absolute atomic E-state index is 1.47. The second kappa shape index (κ2) is 2.49. The largest absolute Gasteiger partial charge is 0.447 e. The average Bonchev–Trinajstić information content (AvgIpc) is 1.38. The first kappa shape index (κ1) is 5.25. The Bertz CT molecular complexity index is 20.9. The maximum absolute atomic E-state index is 5.14. The van der Waals surface area contributed by atoms with Crippen LogP contribution in [0.3, 0.4) is 0 Å². The Kier molecular flexibility index (Phi) is 2.61. The van der Waals surface area contributed by atoms with Crippen molar-refractivity contribution >= 4 is 11.6 Å². The third-order valence-corrected chi connectivity index (χ3v) is 0.586. The van der Waals surface area contributed by atoms with Crippen molar-refractivity contribution in [2.45, 2.75) is 0 Å². The number of nitrogens with zero attached hydrogens (tertiary/aromatic N) is 1. The molecule has 0 amide bonds. The number of halogens is 1. The quantitative estimate of drug-likeness (QED) is 0.343. The van der Waals surface area contributed by atoms with Gasteiger partial charge in [-0.05, 0) is 14.1 Å². The fraction of sp³-hybridized carbons (Fsp3) is 0.667. The predicted octanol–water partition coefficient (Wildman–Crippen LogP) is 0.906. The van der Waals surface area contributed by atoms with Crippen molar-refractivity contribution in [1.82, 2.24) is 4.90 Å². The van der Waals surface area contributed by atoms with Crippen LogP contribution in [0.15, 0.2) is 0 Å². The van der Waals surface area contributed by atoms with Crippen molar-refractivity contribution in [2.75, 3.05) is 14.1 Å². The first-order valence-corrected chi connectivity index (χ1v) is 1.81. The molecule has 0 spiro atoms. The van der Waals surface area contributed by atoms with Gasteiger partial charge in [-0.3, -0.25) is 0 Å². The van der Waals surface area contributed by atoms with Crippen LogP contribution in [0.2, 0.25) is 0 Å². The highest BCUT2D eigenvalue weighted by atomic mass is 35.5. The molecule has 0 aromatic carbocycles. The van der Waals surface area contributed by atoms with Crippen LogP contribution in [0, 0.1) is 6.00 Å². The van der Waals surface area contributed by atoms with E-state index in [0.717, 1.165) is 0 Å². The lowest BCUT2D eigenvalue weighted by molar-refractivity contribution is 0.539. The predicted molar refractivity (Wildman–Crippen MR) is 23.8 cm³/mol. The third kappa shape index (κ3) is 4.25. The lowest BCUT2D eigenvalue weighted by Crippen LogP contribution is -2.01. The molecule has 32 valence electrons. The van der Waals surface area contributed by atoms with Gasteiger partial charge < -0.3 is 16.5 Å². The zero-order valence-corrected chi connectivity index (χ0v) is 4.16.